The van der Waals surface area contributed by atoms with E-state index in [1.807, 2.05) is 60.7 Å². The number of rotatable bonds is 3. The van der Waals surface area contributed by atoms with Gasteiger partial charge in [0.05, 0.1) is 10.8 Å². The van der Waals surface area contributed by atoms with Gasteiger partial charge in [-0.1, -0.05) is 194 Å². The van der Waals surface area contributed by atoms with Gasteiger partial charge in [0.15, 0.2) is 7.14 Å². The van der Waals surface area contributed by atoms with Crippen LogP contribution in [0.25, 0.3) is 22.3 Å². The summed E-state index contributed by atoms with van der Waals surface area (Å²) in [7, 11) is -3.31. The molecule has 0 atom stereocenters. The van der Waals surface area contributed by atoms with Crippen LogP contribution in [-0.4, -0.2) is 0 Å². The largest absolute Gasteiger partial charge is 0.309 e. The fourth-order valence-electron chi connectivity index (χ4n) is 10.1. The summed E-state index contributed by atoms with van der Waals surface area (Å²) in [5, 5.41) is 2.52. The summed E-state index contributed by atoms with van der Waals surface area (Å²) in [5.41, 5.74) is 14.0. The van der Waals surface area contributed by atoms with Crippen LogP contribution in [0.1, 0.15) is 44.5 Å². The molecule has 0 unspecified atom stereocenters. The Labute approximate surface area is 304 Å². The van der Waals surface area contributed by atoms with Crippen molar-refractivity contribution >= 4 is 23.1 Å². The van der Waals surface area contributed by atoms with E-state index in [-0.39, 0.29) is 0 Å². The van der Waals surface area contributed by atoms with E-state index in [2.05, 4.69) is 140 Å². The molecule has 0 saturated carbocycles. The fraction of sp³-hybridized carbons (Fsp3) is 0.0400. The molecule has 0 amide bonds. The van der Waals surface area contributed by atoms with Gasteiger partial charge in [0.25, 0.3) is 0 Å². The molecule has 0 heterocycles. The molecule has 3 aliphatic carbocycles. The van der Waals surface area contributed by atoms with E-state index < -0.39 is 18.0 Å². The van der Waals surface area contributed by atoms with Crippen molar-refractivity contribution in [2.75, 3.05) is 0 Å². The van der Waals surface area contributed by atoms with Crippen molar-refractivity contribution in [3.63, 3.8) is 0 Å². The Balaban J connectivity index is 1.35. The third-order valence-electron chi connectivity index (χ3n) is 12.1. The van der Waals surface area contributed by atoms with E-state index in [0.717, 1.165) is 15.9 Å². The van der Waals surface area contributed by atoms with E-state index >= 15 is 4.57 Å². The van der Waals surface area contributed by atoms with Gasteiger partial charge in [-0.25, -0.2) is 0 Å². The smallest absolute Gasteiger partial charge is 0.171 e. The molecule has 1 nitrogen and oxygen atoms in total. The lowest BCUT2D eigenvalue weighted by atomic mass is 9.52. The third-order valence-corrected chi connectivity index (χ3v) is 15.1. The molecule has 3 aliphatic rings. The predicted octanol–water partition coefficient (Wildman–Crippen LogP) is 10.4. The van der Waals surface area contributed by atoms with Gasteiger partial charge in [-0.2, -0.15) is 0 Å². The van der Waals surface area contributed by atoms with E-state index in [0.29, 0.717) is 0 Å². The van der Waals surface area contributed by atoms with E-state index in [1.54, 1.807) is 0 Å². The third kappa shape index (κ3) is 3.52. The minimum Gasteiger partial charge on any atom is -0.309 e. The highest BCUT2D eigenvalue weighted by atomic mass is 31.2. The van der Waals surface area contributed by atoms with Gasteiger partial charge < -0.3 is 4.57 Å². The predicted molar refractivity (Wildman–Crippen MR) is 214 cm³/mol. The molecule has 2 spiro atoms. The molecule has 0 aromatic heterocycles. The van der Waals surface area contributed by atoms with Gasteiger partial charge in [0, 0.05) is 15.9 Å². The van der Waals surface area contributed by atoms with Crippen LogP contribution in [-0.2, 0) is 15.4 Å². The molecule has 0 radical (unpaired) electrons. The Morgan fingerprint density at radius 1 is 0.269 bits per heavy atom. The molecule has 52 heavy (non-hydrogen) atoms. The van der Waals surface area contributed by atoms with Gasteiger partial charge in [-0.05, 0) is 72.8 Å². The number of hydrogen-bond donors (Lipinski definition) is 0. The average molecular weight is 681 g/mol. The molecular weight excluding hydrogens is 648 g/mol. The summed E-state index contributed by atoms with van der Waals surface area (Å²) in [6.45, 7) is 0. The monoisotopic (exact) mass is 680 g/mol. The van der Waals surface area contributed by atoms with Crippen LogP contribution in [0.4, 0.5) is 0 Å². The number of hydrogen-bond acceptors (Lipinski definition) is 1. The zero-order valence-electron chi connectivity index (χ0n) is 28.4. The molecule has 244 valence electrons. The Bertz CT molecular complexity index is 2640. The maximum atomic E-state index is 16.2. The zero-order chi connectivity index (χ0) is 34.5. The highest BCUT2D eigenvalue weighted by Gasteiger charge is 2.59. The lowest BCUT2D eigenvalue weighted by molar-refractivity contribution is 0.592. The van der Waals surface area contributed by atoms with E-state index in [9.17, 15) is 0 Å². The van der Waals surface area contributed by atoms with Crippen molar-refractivity contribution in [3.8, 4) is 22.3 Å². The molecule has 0 N–H and O–H groups in total. The van der Waals surface area contributed by atoms with Gasteiger partial charge in [0.2, 0.25) is 0 Å². The first-order chi connectivity index (χ1) is 25.7. The molecule has 0 aliphatic heterocycles. The highest BCUT2D eigenvalue weighted by Crippen LogP contribution is 2.67. The first-order valence-electron chi connectivity index (χ1n) is 18.0. The molecule has 0 bridgehead atoms. The van der Waals surface area contributed by atoms with E-state index in [1.165, 1.54) is 66.8 Å². The van der Waals surface area contributed by atoms with Crippen LogP contribution >= 0.6 is 7.14 Å². The quantitative estimate of drug-likeness (QED) is 0.170. The van der Waals surface area contributed by atoms with Crippen molar-refractivity contribution in [1.29, 1.82) is 0 Å². The van der Waals surface area contributed by atoms with Gasteiger partial charge >= 0.3 is 0 Å². The molecule has 0 fully saturated rings. The van der Waals surface area contributed by atoms with Gasteiger partial charge in [0.1, 0.15) is 0 Å². The molecule has 8 aromatic rings. The standard InChI is InChI=1S/C50H33OP/c51-52(34-17-3-1-4-18-34,35-19-5-2-6-20-35)36-31-32-47-48(33-36)50(43-27-13-9-23-39(43)40-24-10-14-28-44(40)50)46-30-16-15-29-45(46)49(47)41-25-11-7-21-37(41)38-22-8-12-26-42(38)49/h1-33H. The van der Waals surface area contributed by atoms with Crippen LogP contribution in [0.15, 0.2) is 200 Å². The Hall–Kier alpha value is -6.01. The number of fused-ring (bicyclic) bond motifs is 16. The van der Waals surface area contributed by atoms with Crippen molar-refractivity contribution < 1.29 is 4.57 Å². The second-order valence-corrected chi connectivity index (χ2v) is 17.0. The normalized spacial score (nSPS) is 14.9. The second kappa shape index (κ2) is 10.8. The molecule has 8 aromatic carbocycles. The average Bonchev–Trinajstić information content (AvgIpc) is 3.69. The van der Waals surface area contributed by atoms with Crippen molar-refractivity contribution in [2.45, 2.75) is 10.8 Å². The Morgan fingerprint density at radius 3 is 0.981 bits per heavy atom. The van der Waals surface area contributed by atoms with Gasteiger partial charge in [-0.3, -0.25) is 0 Å². The summed E-state index contributed by atoms with van der Waals surface area (Å²) in [4.78, 5) is 0. The first kappa shape index (κ1) is 29.7. The summed E-state index contributed by atoms with van der Waals surface area (Å²) < 4.78 is 16.2. The lowest BCUT2D eigenvalue weighted by Crippen LogP contribution is -2.44. The summed E-state index contributed by atoms with van der Waals surface area (Å²) >= 11 is 0. The van der Waals surface area contributed by atoms with Crippen LogP contribution in [0, 0.1) is 0 Å². The minimum absolute atomic E-state index is 0.571. The Morgan fingerprint density at radius 2 is 0.577 bits per heavy atom. The van der Waals surface area contributed by atoms with Gasteiger partial charge in [-0.15, -0.1) is 0 Å². The van der Waals surface area contributed by atoms with Crippen molar-refractivity contribution in [2.24, 2.45) is 0 Å². The Kier molecular flexibility index (Phi) is 6.14. The zero-order valence-corrected chi connectivity index (χ0v) is 29.3. The maximum Gasteiger partial charge on any atom is 0.171 e. The molecule has 11 rings (SSSR count). The minimum atomic E-state index is -3.31. The second-order valence-electron chi connectivity index (χ2n) is 14.2. The maximum absolute atomic E-state index is 16.2. The van der Waals surface area contributed by atoms with Crippen LogP contribution in [0.5, 0.6) is 0 Å². The lowest BCUT2D eigenvalue weighted by Gasteiger charge is -2.49. The molecule has 0 saturated heterocycles. The first-order valence-corrected chi connectivity index (χ1v) is 19.8. The highest BCUT2D eigenvalue weighted by molar-refractivity contribution is 7.85. The molecule has 2 heteroatoms. The van der Waals surface area contributed by atoms with Crippen molar-refractivity contribution in [3.05, 3.63) is 245 Å². The molecular formula is C50H33OP. The topological polar surface area (TPSA) is 17.1 Å². The van der Waals surface area contributed by atoms with Crippen LogP contribution in [0.2, 0.25) is 0 Å². The number of benzene rings is 8. The summed E-state index contributed by atoms with van der Waals surface area (Å²) in [5.74, 6) is 0. The summed E-state index contributed by atoms with van der Waals surface area (Å²) in [6.07, 6.45) is 0. The fourth-order valence-corrected chi connectivity index (χ4v) is 12.8. The summed E-state index contributed by atoms with van der Waals surface area (Å²) in [6, 6.07) is 72.0. The van der Waals surface area contributed by atoms with Crippen molar-refractivity contribution in [1.82, 2.24) is 0 Å². The van der Waals surface area contributed by atoms with Crippen LogP contribution in [0.3, 0.4) is 0 Å². The van der Waals surface area contributed by atoms with Crippen LogP contribution < -0.4 is 15.9 Å². The van der Waals surface area contributed by atoms with E-state index in [4.69, 9.17) is 0 Å². The SMILES string of the molecule is O=P(c1ccccc1)(c1ccccc1)c1ccc2c(c1)C1(c3ccccc3-c3ccccc31)c1ccccc1C21c2ccccc2-c2ccccc21.